The molecule has 0 aromatic rings. The van der Waals surface area contributed by atoms with Crippen molar-refractivity contribution in [1.82, 2.24) is 5.32 Å². The Kier molecular flexibility index (Phi) is 23.8. The minimum atomic E-state index is 0. The molecule has 0 bridgehead atoms. The molecular weight excluding hydrogens is 424 g/mol. The summed E-state index contributed by atoms with van der Waals surface area (Å²) < 4.78 is 1.01. The molecule has 0 saturated heterocycles. The lowest BCUT2D eigenvalue weighted by Crippen LogP contribution is -3.00. The lowest BCUT2D eigenvalue weighted by molar-refractivity contribution is -0.889. The van der Waals surface area contributed by atoms with Gasteiger partial charge in [0.25, 0.3) is 0 Å². The van der Waals surface area contributed by atoms with Crippen molar-refractivity contribution in [3.8, 4) is 0 Å². The standard InChI is InChI=1S/C25H50N2O.BrH/c1-5-7-9-11-13-15-17-19-21-25(28)26-22-24-27(3,4)23-20-18-16-14-12-10-8-6-2;/h5H,1,6-24H2,2-4H3;1H. The SMILES string of the molecule is C=CCCCCCCCCC(=O)NCC[N+](C)(C)CCCCCCCCCC.[Br-]. The number of hydrogen-bond acceptors (Lipinski definition) is 1. The zero-order chi connectivity index (χ0) is 20.9. The summed E-state index contributed by atoms with van der Waals surface area (Å²) in [7, 11) is 4.58. The number of allylic oxidation sites excluding steroid dienone is 1. The van der Waals surface area contributed by atoms with Crippen LogP contribution in [0.2, 0.25) is 0 Å². The molecule has 0 fully saturated rings. The van der Waals surface area contributed by atoms with Gasteiger partial charge in [0.2, 0.25) is 5.91 Å². The first kappa shape index (κ1) is 30.8. The number of unbranched alkanes of at least 4 members (excludes halogenated alkanes) is 13. The average molecular weight is 476 g/mol. The van der Waals surface area contributed by atoms with Gasteiger partial charge >= 0.3 is 0 Å². The maximum Gasteiger partial charge on any atom is 0.220 e. The van der Waals surface area contributed by atoms with Crippen molar-refractivity contribution in [3.05, 3.63) is 12.7 Å². The van der Waals surface area contributed by atoms with Gasteiger partial charge in [-0.1, -0.05) is 77.2 Å². The number of nitrogens with one attached hydrogen (secondary N) is 1. The second-order valence-corrected chi connectivity index (χ2v) is 9.16. The Hall–Kier alpha value is -0.350. The van der Waals surface area contributed by atoms with Crippen LogP contribution in [0.25, 0.3) is 0 Å². The van der Waals surface area contributed by atoms with E-state index >= 15 is 0 Å². The minimum Gasteiger partial charge on any atom is -1.00 e. The average Bonchev–Trinajstić information content (AvgIpc) is 2.66. The fraction of sp³-hybridized carbons (Fsp3) is 0.880. The summed E-state index contributed by atoms with van der Waals surface area (Å²) in [5.74, 6) is 0.235. The number of likely N-dealkylation sites (N-methyl/N-ethyl adjacent to an activating group) is 1. The van der Waals surface area contributed by atoms with Gasteiger partial charge in [0.1, 0.15) is 0 Å². The van der Waals surface area contributed by atoms with E-state index in [2.05, 4.69) is 32.9 Å². The Bertz CT molecular complexity index is 372. The van der Waals surface area contributed by atoms with Crippen LogP contribution >= 0.6 is 0 Å². The smallest absolute Gasteiger partial charge is 0.220 e. The van der Waals surface area contributed by atoms with E-state index in [1.54, 1.807) is 0 Å². The summed E-state index contributed by atoms with van der Waals surface area (Å²) in [6.07, 6.45) is 22.1. The molecule has 0 aromatic heterocycles. The third kappa shape index (κ3) is 23.8. The first-order chi connectivity index (χ1) is 13.5. The van der Waals surface area contributed by atoms with Gasteiger partial charge in [-0.15, -0.1) is 6.58 Å². The quantitative estimate of drug-likeness (QED) is 0.153. The first-order valence-corrected chi connectivity index (χ1v) is 12.2. The highest BCUT2D eigenvalue weighted by atomic mass is 79.9. The second-order valence-electron chi connectivity index (χ2n) is 9.16. The van der Waals surface area contributed by atoms with Crippen molar-refractivity contribution in [2.24, 2.45) is 0 Å². The van der Waals surface area contributed by atoms with Crippen LogP contribution in [0.1, 0.15) is 110 Å². The molecule has 0 heterocycles. The number of rotatable bonds is 21. The number of carbonyl (C=O) groups is 1. The summed E-state index contributed by atoms with van der Waals surface area (Å²) in [6, 6.07) is 0. The molecular formula is C25H51BrN2O. The number of hydrogen-bond donors (Lipinski definition) is 1. The van der Waals surface area contributed by atoms with Crippen molar-refractivity contribution < 1.29 is 26.3 Å². The lowest BCUT2D eigenvalue weighted by atomic mass is 10.1. The number of amides is 1. The van der Waals surface area contributed by atoms with Gasteiger partial charge in [-0.2, -0.15) is 0 Å². The molecule has 174 valence electrons. The summed E-state index contributed by atoms with van der Waals surface area (Å²) >= 11 is 0. The van der Waals surface area contributed by atoms with Gasteiger partial charge < -0.3 is 26.8 Å². The van der Waals surface area contributed by atoms with Crippen LogP contribution in [0.5, 0.6) is 0 Å². The molecule has 29 heavy (non-hydrogen) atoms. The topological polar surface area (TPSA) is 29.1 Å². The molecule has 0 rings (SSSR count). The third-order valence-electron chi connectivity index (χ3n) is 5.72. The molecule has 0 aliphatic carbocycles. The molecule has 1 N–H and O–H groups in total. The molecule has 0 unspecified atom stereocenters. The highest BCUT2D eigenvalue weighted by Gasteiger charge is 2.14. The van der Waals surface area contributed by atoms with Crippen molar-refractivity contribution in [2.75, 3.05) is 33.7 Å². The molecule has 4 heteroatoms. The van der Waals surface area contributed by atoms with Gasteiger partial charge in [-0.25, -0.2) is 0 Å². The highest BCUT2D eigenvalue weighted by Crippen LogP contribution is 2.10. The van der Waals surface area contributed by atoms with Crippen LogP contribution in [0.3, 0.4) is 0 Å². The van der Waals surface area contributed by atoms with E-state index in [9.17, 15) is 4.79 Å². The Morgan fingerprint density at radius 2 is 1.31 bits per heavy atom. The van der Waals surface area contributed by atoms with E-state index in [0.29, 0.717) is 6.42 Å². The molecule has 0 spiro atoms. The van der Waals surface area contributed by atoms with Gasteiger partial charge in [-0.05, 0) is 32.1 Å². The van der Waals surface area contributed by atoms with E-state index in [1.165, 1.54) is 90.0 Å². The number of halogens is 1. The Morgan fingerprint density at radius 3 is 1.90 bits per heavy atom. The van der Waals surface area contributed by atoms with E-state index in [1.807, 2.05) is 6.08 Å². The normalized spacial score (nSPS) is 11.1. The van der Waals surface area contributed by atoms with E-state index in [0.717, 1.165) is 30.4 Å². The van der Waals surface area contributed by atoms with Crippen molar-refractivity contribution in [3.63, 3.8) is 0 Å². The third-order valence-corrected chi connectivity index (χ3v) is 5.72. The van der Waals surface area contributed by atoms with Crippen LogP contribution < -0.4 is 22.3 Å². The van der Waals surface area contributed by atoms with Crippen LogP contribution in [-0.4, -0.2) is 44.1 Å². The summed E-state index contributed by atoms with van der Waals surface area (Å²) in [4.78, 5) is 12.0. The van der Waals surface area contributed by atoms with E-state index in [4.69, 9.17) is 0 Å². The Labute approximate surface area is 193 Å². The van der Waals surface area contributed by atoms with Crippen LogP contribution in [0.4, 0.5) is 0 Å². The van der Waals surface area contributed by atoms with Crippen molar-refractivity contribution >= 4 is 5.91 Å². The second kappa shape index (κ2) is 22.3. The van der Waals surface area contributed by atoms with E-state index < -0.39 is 0 Å². The zero-order valence-electron chi connectivity index (χ0n) is 20.0. The van der Waals surface area contributed by atoms with Crippen molar-refractivity contribution in [1.29, 1.82) is 0 Å². The zero-order valence-corrected chi connectivity index (χ0v) is 21.5. The largest absolute Gasteiger partial charge is 1.00 e. The first-order valence-electron chi connectivity index (χ1n) is 12.2. The van der Waals surface area contributed by atoms with Crippen LogP contribution in [0, 0.1) is 0 Å². The molecule has 3 nitrogen and oxygen atoms in total. The maximum atomic E-state index is 12.0. The summed E-state index contributed by atoms with van der Waals surface area (Å²) in [5.41, 5.74) is 0. The fourth-order valence-electron chi connectivity index (χ4n) is 3.65. The molecule has 1 amide bonds. The Balaban J connectivity index is 0. The van der Waals surface area contributed by atoms with Crippen LogP contribution in [-0.2, 0) is 4.79 Å². The van der Waals surface area contributed by atoms with Crippen molar-refractivity contribution in [2.45, 2.75) is 110 Å². The molecule has 0 aliphatic rings. The molecule has 0 saturated carbocycles. The fourth-order valence-corrected chi connectivity index (χ4v) is 3.65. The highest BCUT2D eigenvalue weighted by molar-refractivity contribution is 5.75. The summed E-state index contributed by atoms with van der Waals surface area (Å²) in [5, 5.41) is 3.12. The maximum absolute atomic E-state index is 12.0. The monoisotopic (exact) mass is 474 g/mol. The predicted molar refractivity (Wildman–Crippen MR) is 125 cm³/mol. The molecule has 0 atom stereocenters. The molecule has 0 aromatic carbocycles. The Morgan fingerprint density at radius 1 is 0.793 bits per heavy atom. The van der Waals surface area contributed by atoms with Gasteiger partial charge in [0.05, 0.1) is 33.7 Å². The summed E-state index contributed by atoms with van der Waals surface area (Å²) in [6.45, 7) is 9.09. The predicted octanol–water partition coefficient (Wildman–Crippen LogP) is 3.63. The van der Waals surface area contributed by atoms with Gasteiger partial charge in [-0.3, -0.25) is 4.79 Å². The molecule has 0 radical (unpaired) electrons. The number of quaternary nitrogens is 1. The number of carbonyl (C=O) groups excluding carboxylic acids is 1. The number of nitrogens with zero attached hydrogens (tertiary/aromatic N) is 1. The van der Waals surface area contributed by atoms with E-state index in [-0.39, 0.29) is 22.9 Å². The minimum absolute atomic E-state index is 0. The lowest BCUT2D eigenvalue weighted by Gasteiger charge is -2.30. The van der Waals surface area contributed by atoms with Gasteiger partial charge in [0, 0.05) is 6.42 Å². The van der Waals surface area contributed by atoms with Crippen LogP contribution in [0.15, 0.2) is 12.7 Å². The molecule has 0 aliphatic heterocycles. The van der Waals surface area contributed by atoms with Gasteiger partial charge in [0.15, 0.2) is 0 Å².